The van der Waals surface area contributed by atoms with E-state index >= 15 is 0 Å². The Bertz CT molecular complexity index is 980. The third kappa shape index (κ3) is 6.37. The van der Waals surface area contributed by atoms with Crippen LogP contribution in [0.25, 0.3) is 0 Å². The molecule has 162 valence electrons. The molecule has 0 aliphatic heterocycles. The second-order valence-corrected chi connectivity index (χ2v) is 7.76. The van der Waals surface area contributed by atoms with Crippen LogP contribution in [-0.4, -0.2) is 48.4 Å². The Morgan fingerprint density at radius 1 is 1.06 bits per heavy atom. The highest BCUT2D eigenvalue weighted by Gasteiger charge is 2.21. The lowest BCUT2D eigenvalue weighted by atomic mass is 10.1. The molecule has 31 heavy (non-hydrogen) atoms. The lowest BCUT2D eigenvalue weighted by Gasteiger charge is -2.22. The first-order valence-corrected chi connectivity index (χ1v) is 10.9. The number of ether oxygens (including phenoxy) is 1. The molecule has 3 rings (SSSR count). The van der Waals surface area contributed by atoms with E-state index in [1.54, 1.807) is 30.3 Å². The SMILES string of the molecule is CCN(CC(=O)Nc1ccccc1OC)CC(=O)NC(c1ccccc1)c1nccs1. The number of aromatic nitrogens is 1. The number of methoxy groups -OCH3 is 1. The highest BCUT2D eigenvalue weighted by Crippen LogP contribution is 2.24. The van der Waals surface area contributed by atoms with Gasteiger partial charge in [0, 0.05) is 11.6 Å². The van der Waals surface area contributed by atoms with Gasteiger partial charge in [-0.2, -0.15) is 0 Å². The number of thiazole rings is 1. The fourth-order valence-electron chi connectivity index (χ4n) is 3.14. The van der Waals surface area contributed by atoms with Crippen LogP contribution in [0.4, 0.5) is 5.69 Å². The van der Waals surface area contributed by atoms with Gasteiger partial charge >= 0.3 is 0 Å². The molecule has 0 radical (unpaired) electrons. The van der Waals surface area contributed by atoms with E-state index in [4.69, 9.17) is 4.74 Å². The summed E-state index contributed by atoms with van der Waals surface area (Å²) in [4.78, 5) is 31.5. The van der Waals surface area contributed by atoms with Gasteiger partial charge in [-0.05, 0) is 24.2 Å². The summed E-state index contributed by atoms with van der Waals surface area (Å²) in [5.41, 5.74) is 1.56. The summed E-state index contributed by atoms with van der Waals surface area (Å²) in [7, 11) is 1.55. The molecule has 0 saturated carbocycles. The molecule has 0 saturated heterocycles. The van der Waals surface area contributed by atoms with Gasteiger partial charge in [-0.1, -0.05) is 49.4 Å². The minimum Gasteiger partial charge on any atom is -0.495 e. The lowest BCUT2D eigenvalue weighted by molar-refractivity contribution is -0.123. The first kappa shape index (κ1) is 22.5. The molecule has 2 aromatic carbocycles. The number of anilines is 1. The Morgan fingerprint density at radius 2 is 1.77 bits per heavy atom. The molecule has 7 nitrogen and oxygen atoms in total. The number of nitrogens with zero attached hydrogens (tertiary/aromatic N) is 2. The van der Waals surface area contributed by atoms with Crippen molar-refractivity contribution < 1.29 is 14.3 Å². The standard InChI is InChI=1S/C23H26N4O3S/c1-3-27(15-20(28)25-18-11-7-8-12-19(18)30-2)16-21(29)26-22(23-24-13-14-31-23)17-9-5-4-6-10-17/h4-14,22H,3,15-16H2,1-2H3,(H,25,28)(H,26,29). The molecule has 1 heterocycles. The van der Waals surface area contributed by atoms with Crippen molar-refractivity contribution in [2.24, 2.45) is 0 Å². The predicted molar refractivity (Wildman–Crippen MR) is 122 cm³/mol. The zero-order valence-corrected chi connectivity index (χ0v) is 18.4. The van der Waals surface area contributed by atoms with Crippen molar-refractivity contribution in [3.63, 3.8) is 0 Å². The van der Waals surface area contributed by atoms with Gasteiger partial charge in [0.2, 0.25) is 11.8 Å². The van der Waals surface area contributed by atoms with Gasteiger partial charge in [-0.25, -0.2) is 4.98 Å². The van der Waals surface area contributed by atoms with Gasteiger partial charge in [0.05, 0.1) is 25.9 Å². The number of hydrogen-bond donors (Lipinski definition) is 2. The second-order valence-electron chi connectivity index (χ2n) is 6.83. The number of benzene rings is 2. The minimum absolute atomic E-state index is 0.0925. The molecule has 8 heteroatoms. The lowest BCUT2D eigenvalue weighted by Crippen LogP contribution is -2.42. The van der Waals surface area contributed by atoms with Gasteiger partial charge in [0.15, 0.2) is 0 Å². The van der Waals surface area contributed by atoms with Crippen molar-refractivity contribution >= 4 is 28.8 Å². The summed E-state index contributed by atoms with van der Waals surface area (Å²) < 4.78 is 5.27. The van der Waals surface area contributed by atoms with Crippen LogP contribution in [-0.2, 0) is 9.59 Å². The van der Waals surface area contributed by atoms with E-state index in [1.807, 2.05) is 54.8 Å². The molecular formula is C23H26N4O3S. The molecule has 1 unspecified atom stereocenters. The predicted octanol–water partition coefficient (Wildman–Crippen LogP) is 3.32. The third-order valence-corrected chi connectivity index (χ3v) is 5.54. The van der Waals surface area contributed by atoms with Gasteiger partial charge in [-0.3, -0.25) is 14.5 Å². The molecule has 0 aliphatic carbocycles. The zero-order valence-electron chi connectivity index (χ0n) is 17.6. The van der Waals surface area contributed by atoms with Crippen molar-refractivity contribution in [1.29, 1.82) is 0 Å². The van der Waals surface area contributed by atoms with Crippen LogP contribution in [0.2, 0.25) is 0 Å². The van der Waals surface area contributed by atoms with Crippen molar-refractivity contribution in [1.82, 2.24) is 15.2 Å². The largest absolute Gasteiger partial charge is 0.495 e. The maximum Gasteiger partial charge on any atom is 0.238 e. The fourth-order valence-corrected chi connectivity index (χ4v) is 3.85. The molecule has 0 bridgehead atoms. The van der Waals surface area contributed by atoms with Crippen LogP contribution >= 0.6 is 11.3 Å². The average molecular weight is 439 g/mol. The molecule has 0 fully saturated rings. The molecule has 3 aromatic rings. The Kier molecular flexibility index (Phi) is 8.14. The zero-order chi connectivity index (χ0) is 22.1. The summed E-state index contributed by atoms with van der Waals surface area (Å²) in [5.74, 6) is 0.209. The Morgan fingerprint density at radius 3 is 2.45 bits per heavy atom. The van der Waals surface area contributed by atoms with Crippen molar-refractivity contribution in [2.75, 3.05) is 32.1 Å². The van der Waals surface area contributed by atoms with Gasteiger partial charge in [-0.15, -0.1) is 11.3 Å². The first-order valence-electron chi connectivity index (χ1n) is 9.99. The Labute approximate surface area is 186 Å². The summed E-state index contributed by atoms with van der Waals surface area (Å²) in [6.07, 6.45) is 1.72. The van der Waals surface area contributed by atoms with E-state index in [9.17, 15) is 9.59 Å². The number of likely N-dealkylation sites (N-methyl/N-ethyl adjacent to an activating group) is 1. The number of rotatable bonds is 10. The van der Waals surface area contributed by atoms with Crippen molar-refractivity contribution in [3.05, 3.63) is 76.7 Å². The fraction of sp³-hybridized carbons (Fsp3) is 0.261. The summed E-state index contributed by atoms with van der Waals surface area (Å²) >= 11 is 1.49. The number of hydrogen-bond acceptors (Lipinski definition) is 6. The molecule has 0 aliphatic rings. The topological polar surface area (TPSA) is 83.6 Å². The molecule has 0 spiro atoms. The van der Waals surface area contributed by atoms with E-state index in [1.165, 1.54) is 11.3 Å². The maximum absolute atomic E-state index is 12.8. The molecule has 1 atom stereocenters. The highest BCUT2D eigenvalue weighted by atomic mass is 32.1. The van der Waals surface area contributed by atoms with Gasteiger partial charge in [0.25, 0.3) is 0 Å². The van der Waals surface area contributed by atoms with E-state index in [-0.39, 0.29) is 30.9 Å². The van der Waals surface area contributed by atoms with Crippen LogP contribution in [0.15, 0.2) is 66.2 Å². The second kappa shape index (κ2) is 11.2. The highest BCUT2D eigenvalue weighted by molar-refractivity contribution is 7.09. The molecule has 2 N–H and O–H groups in total. The van der Waals surface area contributed by atoms with Crippen LogP contribution in [0.5, 0.6) is 5.75 Å². The number of nitrogens with one attached hydrogen (secondary N) is 2. The quantitative estimate of drug-likeness (QED) is 0.507. The van der Waals surface area contributed by atoms with Crippen LogP contribution in [0.1, 0.15) is 23.5 Å². The molecule has 2 amide bonds. The van der Waals surface area contributed by atoms with Crippen LogP contribution < -0.4 is 15.4 Å². The number of amides is 2. The first-order chi connectivity index (χ1) is 15.1. The number of para-hydroxylation sites is 2. The minimum atomic E-state index is -0.324. The van der Waals surface area contributed by atoms with Gasteiger partial charge in [0.1, 0.15) is 16.8 Å². The number of carbonyl (C=O) groups excluding carboxylic acids is 2. The van der Waals surface area contributed by atoms with Crippen LogP contribution in [0.3, 0.4) is 0 Å². The van der Waals surface area contributed by atoms with E-state index < -0.39 is 0 Å². The summed E-state index contributed by atoms with van der Waals surface area (Å²) in [5, 5.41) is 8.60. The molecule has 1 aromatic heterocycles. The maximum atomic E-state index is 12.8. The van der Waals surface area contributed by atoms with Gasteiger partial charge < -0.3 is 15.4 Å². The monoisotopic (exact) mass is 438 g/mol. The summed E-state index contributed by atoms with van der Waals surface area (Å²) in [6, 6.07) is 16.6. The number of carbonyl (C=O) groups is 2. The van der Waals surface area contributed by atoms with E-state index in [2.05, 4.69) is 15.6 Å². The summed E-state index contributed by atoms with van der Waals surface area (Å²) in [6.45, 7) is 2.67. The van der Waals surface area contributed by atoms with Crippen molar-refractivity contribution in [2.45, 2.75) is 13.0 Å². The van der Waals surface area contributed by atoms with Crippen LogP contribution in [0, 0.1) is 0 Å². The Balaban J connectivity index is 1.61. The van der Waals surface area contributed by atoms with E-state index in [0.29, 0.717) is 18.0 Å². The third-order valence-electron chi connectivity index (χ3n) is 4.70. The van der Waals surface area contributed by atoms with E-state index in [0.717, 1.165) is 10.6 Å². The smallest absolute Gasteiger partial charge is 0.238 e. The average Bonchev–Trinajstić information content (AvgIpc) is 3.32. The normalized spacial score (nSPS) is 11.7. The van der Waals surface area contributed by atoms with Crippen molar-refractivity contribution in [3.8, 4) is 5.75 Å². The Hall–Kier alpha value is -3.23. The molecular weight excluding hydrogens is 412 g/mol.